The van der Waals surface area contributed by atoms with Gasteiger partial charge in [-0.1, -0.05) is 0 Å². The van der Waals surface area contributed by atoms with Gasteiger partial charge in [-0.2, -0.15) is 5.26 Å². The molecular weight excluding hydrogens is 302 g/mol. The number of hydrogen-bond donors (Lipinski definition) is 1. The Bertz CT molecular complexity index is 716. The summed E-state index contributed by atoms with van der Waals surface area (Å²) in [5, 5.41) is 12.1. The van der Waals surface area contributed by atoms with Gasteiger partial charge in [0.25, 0.3) is 0 Å². The number of aromatic nitrogens is 1. The summed E-state index contributed by atoms with van der Waals surface area (Å²) in [4.78, 5) is 4.23. The molecule has 0 radical (unpaired) electrons. The first-order valence-corrected chi connectivity index (χ1v) is 8.22. The van der Waals surface area contributed by atoms with Gasteiger partial charge in [0.15, 0.2) is 0 Å². The Balaban J connectivity index is 1.71. The van der Waals surface area contributed by atoms with Crippen LogP contribution in [0.25, 0.3) is 0 Å². The van der Waals surface area contributed by atoms with Crippen LogP contribution in [0.3, 0.4) is 0 Å². The highest BCUT2D eigenvalue weighted by molar-refractivity contribution is 5.45. The van der Waals surface area contributed by atoms with Gasteiger partial charge in [-0.15, -0.1) is 0 Å². The summed E-state index contributed by atoms with van der Waals surface area (Å²) in [6.07, 6.45) is 6.55. The first-order chi connectivity index (χ1) is 11.8. The van der Waals surface area contributed by atoms with E-state index in [-0.39, 0.29) is 0 Å². The summed E-state index contributed by atoms with van der Waals surface area (Å²) in [6, 6.07) is 11.5. The van der Waals surface area contributed by atoms with Crippen molar-refractivity contribution in [2.24, 2.45) is 0 Å². The molecule has 124 valence electrons. The topological polar surface area (TPSA) is 67.2 Å². The predicted octanol–water partition coefficient (Wildman–Crippen LogP) is 3.90. The van der Waals surface area contributed by atoms with E-state index in [0.29, 0.717) is 18.2 Å². The van der Waals surface area contributed by atoms with E-state index in [9.17, 15) is 0 Å². The minimum Gasteiger partial charge on any atom is -0.497 e. The fourth-order valence-corrected chi connectivity index (χ4v) is 2.85. The van der Waals surface area contributed by atoms with Crippen molar-refractivity contribution >= 4 is 5.82 Å². The largest absolute Gasteiger partial charge is 0.497 e. The summed E-state index contributed by atoms with van der Waals surface area (Å²) < 4.78 is 11.5. The van der Waals surface area contributed by atoms with Crippen molar-refractivity contribution in [1.29, 1.82) is 5.26 Å². The fraction of sp³-hybridized carbons (Fsp3) is 0.368. The molecule has 1 aromatic heterocycles. The van der Waals surface area contributed by atoms with Crippen LogP contribution in [0, 0.1) is 11.3 Å². The normalized spacial score (nSPS) is 14.2. The van der Waals surface area contributed by atoms with E-state index in [1.54, 1.807) is 25.4 Å². The molecule has 0 aliphatic heterocycles. The standard InChI is InChI=1S/C19H21N3O2/c1-23-17-8-7-15(18(10-17)24-16-4-2-3-5-16)13-22-19-9-6-14(11-20)12-21-19/h6-10,12,16H,2-5,13H2,1H3,(H,21,22). The van der Waals surface area contributed by atoms with E-state index in [4.69, 9.17) is 14.7 Å². The summed E-state index contributed by atoms with van der Waals surface area (Å²) in [5.74, 6) is 2.39. The number of nitriles is 1. The molecule has 0 saturated heterocycles. The summed E-state index contributed by atoms with van der Waals surface area (Å²) >= 11 is 0. The maximum Gasteiger partial charge on any atom is 0.128 e. The van der Waals surface area contributed by atoms with Crippen LogP contribution in [-0.4, -0.2) is 18.2 Å². The molecule has 2 aromatic rings. The van der Waals surface area contributed by atoms with E-state index in [0.717, 1.165) is 35.7 Å². The Morgan fingerprint density at radius 1 is 1.25 bits per heavy atom. The molecule has 1 heterocycles. The SMILES string of the molecule is COc1ccc(CNc2ccc(C#N)cn2)c(OC2CCCC2)c1. The van der Waals surface area contributed by atoms with Crippen LogP contribution < -0.4 is 14.8 Å². The Hall–Kier alpha value is -2.74. The Morgan fingerprint density at radius 3 is 2.75 bits per heavy atom. The molecule has 1 saturated carbocycles. The van der Waals surface area contributed by atoms with Crippen LogP contribution >= 0.6 is 0 Å². The van der Waals surface area contributed by atoms with Crippen molar-refractivity contribution < 1.29 is 9.47 Å². The van der Waals surface area contributed by atoms with Crippen LogP contribution in [0.5, 0.6) is 11.5 Å². The van der Waals surface area contributed by atoms with Gasteiger partial charge in [0, 0.05) is 24.4 Å². The zero-order chi connectivity index (χ0) is 16.8. The smallest absolute Gasteiger partial charge is 0.128 e. The van der Waals surface area contributed by atoms with E-state index >= 15 is 0 Å². The number of rotatable bonds is 6. The number of anilines is 1. The van der Waals surface area contributed by atoms with Crippen LogP contribution in [0.2, 0.25) is 0 Å². The quantitative estimate of drug-likeness (QED) is 0.873. The zero-order valence-electron chi connectivity index (χ0n) is 13.8. The summed E-state index contributed by atoms with van der Waals surface area (Å²) in [6.45, 7) is 0.602. The lowest BCUT2D eigenvalue weighted by Crippen LogP contribution is -2.13. The molecule has 1 aliphatic rings. The zero-order valence-corrected chi connectivity index (χ0v) is 13.8. The molecule has 0 amide bonds. The van der Waals surface area contributed by atoms with Crippen LogP contribution in [0.1, 0.15) is 36.8 Å². The fourth-order valence-electron chi connectivity index (χ4n) is 2.85. The lowest BCUT2D eigenvalue weighted by Gasteiger charge is -2.18. The maximum atomic E-state index is 8.82. The molecule has 0 atom stereocenters. The number of hydrogen-bond acceptors (Lipinski definition) is 5. The molecule has 3 rings (SSSR count). The van der Waals surface area contributed by atoms with Gasteiger partial charge < -0.3 is 14.8 Å². The second-order valence-corrected chi connectivity index (χ2v) is 5.90. The highest BCUT2D eigenvalue weighted by atomic mass is 16.5. The lowest BCUT2D eigenvalue weighted by atomic mass is 10.1. The molecule has 1 N–H and O–H groups in total. The molecule has 5 nitrogen and oxygen atoms in total. The first kappa shape index (κ1) is 16.1. The van der Waals surface area contributed by atoms with Crippen molar-refractivity contribution in [3.63, 3.8) is 0 Å². The van der Waals surface area contributed by atoms with E-state index in [2.05, 4.69) is 16.4 Å². The number of benzene rings is 1. The molecule has 0 unspecified atom stereocenters. The highest BCUT2D eigenvalue weighted by Crippen LogP contribution is 2.30. The minimum atomic E-state index is 0.295. The number of pyridine rings is 1. The third-order valence-electron chi connectivity index (χ3n) is 4.22. The molecule has 5 heteroatoms. The van der Waals surface area contributed by atoms with Crippen LogP contribution in [0.15, 0.2) is 36.5 Å². The van der Waals surface area contributed by atoms with E-state index in [1.807, 2.05) is 18.2 Å². The monoisotopic (exact) mass is 323 g/mol. The Morgan fingerprint density at radius 2 is 2.08 bits per heavy atom. The summed E-state index contributed by atoms with van der Waals surface area (Å²) in [7, 11) is 1.66. The molecule has 0 bridgehead atoms. The van der Waals surface area contributed by atoms with Gasteiger partial charge in [0.2, 0.25) is 0 Å². The third kappa shape index (κ3) is 3.96. The third-order valence-corrected chi connectivity index (χ3v) is 4.22. The van der Waals surface area contributed by atoms with E-state index in [1.165, 1.54) is 12.8 Å². The number of nitrogens with zero attached hydrogens (tertiary/aromatic N) is 2. The van der Waals surface area contributed by atoms with Gasteiger partial charge in [-0.25, -0.2) is 4.98 Å². The second-order valence-electron chi connectivity index (χ2n) is 5.90. The number of ether oxygens (including phenoxy) is 2. The Kier molecular flexibility index (Phi) is 5.17. The average molecular weight is 323 g/mol. The van der Waals surface area contributed by atoms with Crippen molar-refractivity contribution in [3.05, 3.63) is 47.7 Å². The van der Waals surface area contributed by atoms with Crippen molar-refractivity contribution in [1.82, 2.24) is 4.98 Å². The highest BCUT2D eigenvalue weighted by Gasteiger charge is 2.18. The Labute approximate surface area is 142 Å². The van der Waals surface area contributed by atoms with E-state index < -0.39 is 0 Å². The van der Waals surface area contributed by atoms with Gasteiger partial charge in [0.05, 0.1) is 18.8 Å². The molecule has 1 aliphatic carbocycles. The van der Waals surface area contributed by atoms with Crippen molar-refractivity contribution in [3.8, 4) is 17.6 Å². The lowest BCUT2D eigenvalue weighted by molar-refractivity contribution is 0.207. The van der Waals surface area contributed by atoms with Gasteiger partial charge in [-0.05, 0) is 49.9 Å². The molecular formula is C19H21N3O2. The predicted molar refractivity (Wildman–Crippen MR) is 92.2 cm³/mol. The average Bonchev–Trinajstić information content (AvgIpc) is 3.14. The van der Waals surface area contributed by atoms with Gasteiger partial charge in [0.1, 0.15) is 23.4 Å². The van der Waals surface area contributed by atoms with Crippen molar-refractivity contribution in [2.45, 2.75) is 38.3 Å². The minimum absolute atomic E-state index is 0.295. The van der Waals surface area contributed by atoms with Gasteiger partial charge in [-0.3, -0.25) is 0 Å². The number of methoxy groups -OCH3 is 1. The number of nitrogens with one attached hydrogen (secondary N) is 1. The molecule has 1 fully saturated rings. The van der Waals surface area contributed by atoms with Crippen LogP contribution in [0.4, 0.5) is 5.82 Å². The molecule has 1 aromatic carbocycles. The molecule has 24 heavy (non-hydrogen) atoms. The van der Waals surface area contributed by atoms with Gasteiger partial charge >= 0.3 is 0 Å². The first-order valence-electron chi connectivity index (χ1n) is 8.22. The molecule has 0 spiro atoms. The summed E-state index contributed by atoms with van der Waals surface area (Å²) in [5.41, 5.74) is 1.61. The maximum absolute atomic E-state index is 8.82. The van der Waals surface area contributed by atoms with Crippen LogP contribution in [-0.2, 0) is 6.54 Å². The van der Waals surface area contributed by atoms with Crippen molar-refractivity contribution in [2.75, 3.05) is 12.4 Å². The second kappa shape index (κ2) is 7.69.